The summed E-state index contributed by atoms with van der Waals surface area (Å²) in [5, 5.41) is 13.4. The molecular weight excluding hydrogens is 246 g/mol. The van der Waals surface area contributed by atoms with E-state index in [-0.39, 0.29) is 0 Å². The first kappa shape index (κ1) is 15.0. The van der Waals surface area contributed by atoms with E-state index in [1.807, 2.05) is 18.2 Å². The van der Waals surface area contributed by atoms with Crippen LogP contribution in [0, 0.1) is 11.3 Å². The first-order valence-corrected chi connectivity index (χ1v) is 7.71. The van der Waals surface area contributed by atoms with Crippen molar-refractivity contribution in [3.63, 3.8) is 0 Å². The minimum atomic E-state index is -0.587. The molecule has 0 bridgehead atoms. The van der Waals surface area contributed by atoms with E-state index in [4.69, 9.17) is 0 Å². The second-order valence-corrected chi connectivity index (χ2v) is 5.60. The van der Waals surface area contributed by atoms with Crippen LogP contribution in [0.25, 0.3) is 0 Å². The molecule has 0 heterocycles. The predicted octanol–water partition coefficient (Wildman–Crippen LogP) is 2.89. The Bertz CT molecular complexity index is 447. The van der Waals surface area contributed by atoms with Crippen LogP contribution in [-0.4, -0.2) is 30.6 Å². The zero-order valence-electron chi connectivity index (χ0n) is 12.6. The summed E-state index contributed by atoms with van der Waals surface area (Å²) < 4.78 is 0. The molecule has 1 atom stereocenters. The molecule has 1 fully saturated rings. The van der Waals surface area contributed by atoms with E-state index in [1.165, 1.54) is 12.8 Å². The zero-order chi connectivity index (χ0) is 14.4. The Morgan fingerprint density at radius 1 is 1.30 bits per heavy atom. The highest BCUT2D eigenvalue weighted by atomic mass is 15.2. The maximum absolute atomic E-state index is 9.86. The van der Waals surface area contributed by atoms with E-state index in [0.717, 1.165) is 31.6 Å². The van der Waals surface area contributed by atoms with Gasteiger partial charge in [-0.2, -0.15) is 5.26 Å². The van der Waals surface area contributed by atoms with Crippen molar-refractivity contribution in [2.45, 2.75) is 44.7 Å². The first-order valence-electron chi connectivity index (χ1n) is 7.71. The molecule has 1 aromatic carbocycles. The van der Waals surface area contributed by atoms with E-state index >= 15 is 0 Å². The summed E-state index contributed by atoms with van der Waals surface area (Å²) in [6.45, 7) is 6.97. The standard InChI is InChI=1S/C17H25N3/c1-3-12-19-17(13-18,15-8-6-5-7-9-15)14-20(4-2)16-10-11-16/h5-9,16,19H,3-4,10-12,14H2,1-2H3. The summed E-state index contributed by atoms with van der Waals surface area (Å²) in [7, 11) is 0. The lowest BCUT2D eigenvalue weighted by atomic mass is 9.90. The van der Waals surface area contributed by atoms with E-state index < -0.39 is 5.54 Å². The van der Waals surface area contributed by atoms with Crippen molar-refractivity contribution in [1.82, 2.24) is 10.2 Å². The smallest absolute Gasteiger partial charge is 0.145 e. The van der Waals surface area contributed by atoms with Crippen LogP contribution in [0.2, 0.25) is 0 Å². The van der Waals surface area contributed by atoms with Crippen LogP contribution in [-0.2, 0) is 5.54 Å². The molecule has 0 spiro atoms. The molecule has 2 rings (SSSR count). The normalized spacial score (nSPS) is 17.7. The fraction of sp³-hybridized carbons (Fsp3) is 0.588. The SMILES string of the molecule is CCCNC(C#N)(CN(CC)C1CC1)c1ccccc1. The lowest BCUT2D eigenvalue weighted by Gasteiger charge is -2.34. The summed E-state index contributed by atoms with van der Waals surface area (Å²) in [6, 6.07) is 13.4. The van der Waals surface area contributed by atoms with Crippen LogP contribution in [0.4, 0.5) is 0 Å². The molecule has 0 aromatic heterocycles. The third kappa shape index (κ3) is 3.39. The molecule has 0 saturated heterocycles. The Morgan fingerprint density at radius 2 is 2.00 bits per heavy atom. The van der Waals surface area contributed by atoms with E-state index in [1.54, 1.807) is 0 Å². The van der Waals surface area contributed by atoms with Gasteiger partial charge < -0.3 is 0 Å². The van der Waals surface area contributed by atoms with E-state index in [2.05, 4.69) is 42.3 Å². The van der Waals surface area contributed by atoms with Crippen molar-refractivity contribution >= 4 is 0 Å². The predicted molar refractivity (Wildman–Crippen MR) is 82.3 cm³/mol. The number of hydrogen-bond acceptors (Lipinski definition) is 3. The highest BCUT2D eigenvalue weighted by molar-refractivity contribution is 5.32. The minimum Gasteiger partial charge on any atom is -0.297 e. The van der Waals surface area contributed by atoms with Gasteiger partial charge in [0.15, 0.2) is 0 Å². The van der Waals surface area contributed by atoms with Crippen LogP contribution >= 0.6 is 0 Å². The Kier molecular flexibility index (Phi) is 5.17. The monoisotopic (exact) mass is 271 g/mol. The van der Waals surface area contributed by atoms with Crippen LogP contribution in [0.5, 0.6) is 0 Å². The van der Waals surface area contributed by atoms with Crippen molar-refractivity contribution < 1.29 is 0 Å². The van der Waals surface area contributed by atoms with Crippen molar-refractivity contribution in [3.8, 4) is 6.07 Å². The van der Waals surface area contributed by atoms with Crippen LogP contribution in [0.3, 0.4) is 0 Å². The number of nitriles is 1. The van der Waals surface area contributed by atoms with Gasteiger partial charge in [-0.1, -0.05) is 44.2 Å². The number of likely N-dealkylation sites (N-methyl/N-ethyl adjacent to an activating group) is 1. The number of nitrogens with one attached hydrogen (secondary N) is 1. The van der Waals surface area contributed by atoms with Gasteiger partial charge in [0.25, 0.3) is 0 Å². The van der Waals surface area contributed by atoms with Crippen molar-refractivity contribution in [1.29, 1.82) is 5.26 Å². The molecule has 1 unspecified atom stereocenters. The highest BCUT2D eigenvalue weighted by Crippen LogP contribution is 2.30. The largest absolute Gasteiger partial charge is 0.297 e. The first-order chi connectivity index (χ1) is 9.75. The number of benzene rings is 1. The second-order valence-electron chi connectivity index (χ2n) is 5.60. The van der Waals surface area contributed by atoms with Gasteiger partial charge in [0, 0.05) is 12.6 Å². The van der Waals surface area contributed by atoms with Gasteiger partial charge in [-0.25, -0.2) is 0 Å². The average molecular weight is 271 g/mol. The third-order valence-corrected chi connectivity index (χ3v) is 4.04. The number of hydrogen-bond donors (Lipinski definition) is 1. The second kappa shape index (κ2) is 6.88. The quantitative estimate of drug-likeness (QED) is 0.790. The van der Waals surface area contributed by atoms with Crippen LogP contribution < -0.4 is 5.32 Å². The van der Waals surface area contributed by atoms with Crippen molar-refractivity contribution in [2.75, 3.05) is 19.6 Å². The molecule has 0 radical (unpaired) electrons. The van der Waals surface area contributed by atoms with Crippen LogP contribution in [0.1, 0.15) is 38.7 Å². The summed E-state index contributed by atoms with van der Waals surface area (Å²) in [4.78, 5) is 2.44. The Morgan fingerprint density at radius 3 is 2.50 bits per heavy atom. The van der Waals surface area contributed by atoms with Gasteiger partial charge in [-0.05, 0) is 37.9 Å². The van der Waals surface area contributed by atoms with E-state index in [0.29, 0.717) is 6.04 Å². The third-order valence-electron chi connectivity index (χ3n) is 4.04. The van der Waals surface area contributed by atoms with Gasteiger partial charge in [0.1, 0.15) is 5.54 Å². The summed E-state index contributed by atoms with van der Waals surface area (Å²) in [6.07, 6.45) is 3.58. The van der Waals surface area contributed by atoms with Crippen LogP contribution in [0.15, 0.2) is 30.3 Å². The Balaban J connectivity index is 2.24. The molecule has 1 N–H and O–H groups in total. The average Bonchev–Trinajstić information content (AvgIpc) is 3.34. The van der Waals surface area contributed by atoms with Crippen molar-refractivity contribution in [3.05, 3.63) is 35.9 Å². The number of nitrogens with zero attached hydrogens (tertiary/aromatic N) is 2. The van der Waals surface area contributed by atoms with Crippen molar-refractivity contribution in [2.24, 2.45) is 0 Å². The highest BCUT2D eigenvalue weighted by Gasteiger charge is 2.38. The number of rotatable bonds is 8. The molecule has 1 aromatic rings. The Hall–Kier alpha value is -1.37. The topological polar surface area (TPSA) is 39.1 Å². The zero-order valence-corrected chi connectivity index (χ0v) is 12.6. The molecule has 1 saturated carbocycles. The lowest BCUT2D eigenvalue weighted by Crippen LogP contribution is -2.51. The van der Waals surface area contributed by atoms with E-state index in [9.17, 15) is 5.26 Å². The molecule has 1 aliphatic rings. The fourth-order valence-electron chi connectivity index (χ4n) is 2.69. The summed E-state index contributed by atoms with van der Waals surface area (Å²) in [5.41, 5.74) is 0.491. The van der Waals surface area contributed by atoms with Gasteiger partial charge in [0.05, 0.1) is 6.07 Å². The maximum atomic E-state index is 9.86. The molecule has 1 aliphatic carbocycles. The Labute approximate surface area is 122 Å². The molecule has 108 valence electrons. The molecule has 20 heavy (non-hydrogen) atoms. The van der Waals surface area contributed by atoms with Gasteiger partial charge in [-0.15, -0.1) is 0 Å². The minimum absolute atomic E-state index is 0.587. The maximum Gasteiger partial charge on any atom is 0.145 e. The van der Waals surface area contributed by atoms with Gasteiger partial charge in [-0.3, -0.25) is 10.2 Å². The summed E-state index contributed by atoms with van der Waals surface area (Å²) >= 11 is 0. The molecule has 0 amide bonds. The lowest BCUT2D eigenvalue weighted by molar-refractivity contribution is 0.211. The van der Waals surface area contributed by atoms with Gasteiger partial charge >= 0.3 is 0 Å². The fourth-order valence-corrected chi connectivity index (χ4v) is 2.69. The molecular formula is C17H25N3. The van der Waals surface area contributed by atoms with Gasteiger partial charge in [0.2, 0.25) is 0 Å². The molecule has 3 nitrogen and oxygen atoms in total. The summed E-state index contributed by atoms with van der Waals surface area (Å²) in [5.74, 6) is 0. The molecule has 3 heteroatoms. The molecule has 0 aliphatic heterocycles.